The average molecular weight is 253 g/mol. The lowest BCUT2D eigenvalue weighted by Gasteiger charge is -2.12. The van der Waals surface area contributed by atoms with Gasteiger partial charge in [0.2, 0.25) is 0 Å². The standard InChI is InChI=1S/C12H16FN3O2/c13-11-6-10(16(17)18)3-4-12(11)15-7-8-1-2-9(14)5-8/h3-4,6,8-9,15H,1-2,5,7,14H2. The van der Waals surface area contributed by atoms with Gasteiger partial charge in [-0.3, -0.25) is 10.1 Å². The molecule has 0 bridgehead atoms. The van der Waals surface area contributed by atoms with Gasteiger partial charge in [-0.1, -0.05) is 0 Å². The van der Waals surface area contributed by atoms with Crippen molar-refractivity contribution in [3.8, 4) is 0 Å². The van der Waals surface area contributed by atoms with Gasteiger partial charge in [0.1, 0.15) is 0 Å². The van der Waals surface area contributed by atoms with Crippen LogP contribution in [-0.4, -0.2) is 17.5 Å². The number of nitrogens with two attached hydrogens (primary N) is 1. The van der Waals surface area contributed by atoms with E-state index in [0.717, 1.165) is 25.3 Å². The summed E-state index contributed by atoms with van der Waals surface area (Å²) in [4.78, 5) is 9.86. The summed E-state index contributed by atoms with van der Waals surface area (Å²) in [6, 6.07) is 3.88. The van der Waals surface area contributed by atoms with E-state index in [-0.39, 0.29) is 11.7 Å². The first-order valence-corrected chi connectivity index (χ1v) is 5.99. The van der Waals surface area contributed by atoms with Gasteiger partial charge in [-0.15, -0.1) is 0 Å². The number of nitrogens with one attached hydrogen (secondary N) is 1. The van der Waals surface area contributed by atoms with Crippen molar-refractivity contribution < 1.29 is 9.31 Å². The molecule has 0 aliphatic heterocycles. The van der Waals surface area contributed by atoms with Crippen molar-refractivity contribution in [3.63, 3.8) is 0 Å². The number of nitro benzene ring substituents is 1. The van der Waals surface area contributed by atoms with Gasteiger partial charge in [0.05, 0.1) is 16.7 Å². The van der Waals surface area contributed by atoms with Crippen LogP contribution in [0.15, 0.2) is 18.2 Å². The predicted molar refractivity (Wildman–Crippen MR) is 66.9 cm³/mol. The molecule has 18 heavy (non-hydrogen) atoms. The molecular weight excluding hydrogens is 237 g/mol. The van der Waals surface area contributed by atoms with E-state index in [1.165, 1.54) is 12.1 Å². The number of benzene rings is 1. The summed E-state index contributed by atoms with van der Waals surface area (Å²) in [7, 11) is 0. The molecule has 1 aromatic carbocycles. The van der Waals surface area contributed by atoms with Crippen molar-refractivity contribution in [3.05, 3.63) is 34.1 Å². The van der Waals surface area contributed by atoms with Crippen LogP contribution in [0.3, 0.4) is 0 Å². The second-order valence-corrected chi connectivity index (χ2v) is 4.74. The summed E-state index contributed by atoms with van der Waals surface area (Å²) in [6.45, 7) is 0.655. The van der Waals surface area contributed by atoms with Gasteiger partial charge in [-0.05, 0) is 31.2 Å². The fourth-order valence-electron chi connectivity index (χ4n) is 2.31. The van der Waals surface area contributed by atoms with E-state index < -0.39 is 10.7 Å². The van der Waals surface area contributed by atoms with Crippen LogP contribution in [0.2, 0.25) is 0 Å². The molecule has 0 heterocycles. The number of non-ortho nitro benzene ring substituents is 1. The van der Waals surface area contributed by atoms with Crippen LogP contribution in [-0.2, 0) is 0 Å². The van der Waals surface area contributed by atoms with Crippen LogP contribution < -0.4 is 11.1 Å². The number of hydrogen-bond donors (Lipinski definition) is 2. The van der Waals surface area contributed by atoms with Crippen LogP contribution >= 0.6 is 0 Å². The molecular formula is C12H16FN3O2. The Bertz CT molecular complexity index is 453. The molecule has 6 heteroatoms. The van der Waals surface area contributed by atoms with Crippen LogP contribution in [0, 0.1) is 21.8 Å². The molecule has 2 atom stereocenters. The average Bonchev–Trinajstić information content (AvgIpc) is 2.73. The number of nitro groups is 1. The van der Waals surface area contributed by atoms with Crippen LogP contribution in [0.4, 0.5) is 15.8 Å². The van der Waals surface area contributed by atoms with Gasteiger partial charge in [-0.2, -0.15) is 0 Å². The number of halogens is 1. The Morgan fingerprint density at radius 1 is 1.50 bits per heavy atom. The molecule has 2 unspecified atom stereocenters. The quantitative estimate of drug-likeness (QED) is 0.637. The van der Waals surface area contributed by atoms with E-state index in [9.17, 15) is 14.5 Å². The zero-order chi connectivity index (χ0) is 13.1. The van der Waals surface area contributed by atoms with E-state index in [1.807, 2.05) is 0 Å². The second-order valence-electron chi connectivity index (χ2n) is 4.74. The van der Waals surface area contributed by atoms with Gasteiger partial charge >= 0.3 is 0 Å². The molecule has 1 aromatic rings. The summed E-state index contributed by atoms with van der Waals surface area (Å²) in [5, 5.41) is 13.5. The Hall–Kier alpha value is -1.69. The molecule has 0 radical (unpaired) electrons. The third-order valence-corrected chi connectivity index (χ3v) is 3.33. The topological polar surface area (TPSA) is 81.2 Å². The zero-order valence-electron chi connectivity index (χ0n) is 9.93. The highest BCUT2D eigenvalue weighted by atomic mass is 19.1. The first kappa shape index (κ1) is 12.8. The minimum atomic E-state index is -0.608. The van der Waals surface area contributed by atoms with Crippen molar-refractivity contribution in [1.29, 1.82) is 0 Å². The fourth-order valence-corrected chi connectivity index (χ4v) is 2.31. The Morgan fingerprint density at radius 2 is 2.28 bits per heavy atom. The van der Waals surface area contributed by atoms with Crippen LogP contribution in [0.25, 0.3) is 0 Å². The molecule has 0 aromatic heterocycles. The highest BCUT2D eigenvalue weighted by Crippen LogP contribution is 2.26. The first-order valence-electron chi connectivity index (χ1n) is 5.99. The number of anilines is 1. The third-order valence-electron chi connectivity index (χ3n) is 3.33. The Labute approximate surface area is 104 Å². The van der Waals surface area contributed by atoms with Gasteiger partial charge in [0.25, 0.3) is 5.69 Å². The van der Waals surface area contributed by atoms with Crippen molar-refractivity contribution in [2.24, 2.45) is 11.7 Å². The Morgan fingerprint density at radius 3 is 2.83 bits per heavy atom. The monoisotopic (exact) mass is 253 g/mol. The van der Waals surface area contributed by atoms with E-state index in [0.29, 0.717) is 18.2 Å². The minimum Gasteiger partial charge on any atom is -0.382 e. The lowest BCUT2D eigenvalue weighted by molar-refractivity contribution is -0.385. The molecule has 5 nitrogen and oxygen atoms in total. The van der Waals surface area contributed by atoms with Crippen molar-refractivity contribution in [2.45, 2.75) is 25.3 Å². The maximum absolute atomic E-state index is 13.6. The van der Waals surface area contributed by atoms with Crippen molar-refractivity contribution >= 4 is 11.4 Å². The molecule has 0 saturated heterocycles. The predicted octanol–water partition coefficient (Wildman–Crippen LogP) is 2.27. The molecule has 98 valence electrons. The van der Waals surface area contributed by atoms with Crippen molar-refractivity contribution in [1.82, 2.24) is 0 Å². The lowest BCUT2D eigenvalue weighted by Crippen LogP contribution is -2.18. The SMILES string of the molecule is NC1CCC(CNc2ccc([N+](=O)[O-])cc2F)C1. The number of rotatable bonds is 4. The molecule has 2 rings (SSSR count). The summed E-state index contributed by atoms with van der Waals surface area (Å²) >= 11 is 0. The smallest absolute Gasteiger partial charge is 0.272 e. The molecule has 1 fully saturated rings. The van der Waals surface area contributed by atoms with E-state index in [4.69, 9.17) is 5.73 Å². The first-order chi connectivity index (χ1) is 8.56. The fraction of sp³-hybridized carbons (Fsp3) is 0.500. The maximum atomic E-state index is 13.6. The lowest BCUT2D eigenvalue weighted by atomic mass is 10.1. The Kier molecular flexibility index (Phi) is 3.76. The summed E-state index contributed by atoms with van der Waals surface area (Å²) in [6.07, 6.45) is 3.00. The molecule has 0 amide bonds. The molecule has 0 spiro atoms. The molecule has 1 aliphatic carbocycles. The summed E-state index contributed by atoms with van der Waals surface area (Å²) < 4.78 is 13.6. The normalized spacial score (nSPS) is 23.0. The van der Waals surface area contributed by atoms with E-state index in [2.05, 4.69) is 5.32 Å². The van der Waals surface area contributed by atoms with Crippen molar-refractivity contribution in [2.75, 3.05) is 11.9 Å². The largest absolute Gasteiger partial charge is 0.382 e. The van der Waals surface area contributed by atoms with Gasteiger partial charge < -0.3 is 11.1 Å². The van der Waals surface area contributed by atoms with E-state index in [1.54, 1.807) is 0 Å². The molecule has 1 saturated carbocycles. The van der Waals surface area contributed by atoms with E-state index >= 15 is 0 Å². The van der Waals surface area contributed by atoms with Crippen LogP contribution in [0.1, 0.15) is 19.3 Å². The van der Waals surface area contributed by atoms with Gasteiger partial charge in [0, 0.05) is 18.7 Å². The maximum Gasteiger partial charge on any atom is 0.272 e. The number of hydrogen-bond acceptors (Lipinski definition) is 4. The summed E-state index contributed by atoms with van der Waals surface area (Å²) in [5.74, 6) is -0.138. The second kappa shape index (κ2) is 5.30. The highest BCUT2D eigenvalue weighted by Gasteiger charge is 2.21. The third kappa shape index (κ3) is 2.95. The zero-order valence-corrected chi connectivity index (χ0v) is 9.93. The minimum absolute atomic E-state index is 0.235. The van der Waals surface area contributed by atoms with Gasteiger partial charge in [0.15, 0.2) is 5.82 Å². The molecule has 1 aliphatic rings. The highest BCUT2D eigenvalue weighted by molar-refractivity contribution is 5.50. The number of nitrogens with zero attached hydrogens (tertiary/aromatic N) is 1. The summed E-state index contributed by atoms with van der Waals surface area (Å²) in [5.41, 5.74) is 5.87. The Balaban J connectivity index is 1.95. The van der Waals surface area contributed by atoms with Crippen LogP contribution in [0.5, 0.6) is 0 Å². The van der Waals surface area contributed by atoms with Gasteiger partial charge in [-0.25, -0.2) is 4.39 Å². The molecule has 3 N–H and O–H groups in total.